The maximum Gasteiger partial charge on any atom is 0.246 e. The molecule has 0 radical (unpaired) electrons. The normalized spacial score (nSPS) is 14.0. The lowest BCUT2D eigenvalue weighted by Crippen LogP contribution is -2.36. The zero-order chi connectivity index (χ0) is 21.1. The SMILES string of the molecule is Cc1ccc(-c2cn(CC(=O)Nc3cc(F)ccc3F)nc2N2CCOCC2)cc1. The van der Waals surface area contributed by atoms with Crippen molar-refractivity contribution >= 4 is 17.4 Å². The van der Waals surface area contributed by atoms with Gasteiger partial charge in [-0.05, 0) is 24.6 Å². The summed E-state index contributed by atoms with van der Waals surface area (Å²) < 4.78 is 34.1. The molecule has 0 atom stereocenters. The summed E-state index contributed by atoms with van der Waals surface area (Å²) >= 11 is 0. The summed E-state index contributed by atoms with van der Waals surface area (Å²) in [7, 11) is 0. The summed E-state index contributed by atoms with van der Waals surface area (Å²) in [4.78, 5) is 14.6. The Balaban J connectivity index is 1.59. The molecule has 0 unspecified atom stereocenters. The van der Waals surface area contributed by atoms with Gasteiger partial charge < -0.3 is 15.0 Å². The monoisotopic (exact) mass is 412 g/mol. The lowest BCUT2D eigenvalue weighted by molar-refractivity contribution is -0.116. The van der Waals surface area contributed by atoms with Gasteiger partial charge in [-0.25, -0.2) is 8.78 Å². The van der Waals surface area contributed by atoms with Gasteiger partial charge in [0.2, 0.25) is 5.91 Å². The number of carbonyl (C=O) groups is 1. The van der Waals surface area contributed by atoms with Crippen molar-refractivity contribution < 1.29 is 18.3 Å². The van der Waals surface area contributed by atoms with Gasteiger partial charge in [0.15, 0.2) is 5.82 Å². The standard InChI is InChI=1S/C22H22F2N4O2/c1-15-2-4-16(5-3-15)18-13-28(26-22(18)27-8-10-30-11-9-27)14-21(29)25-20-12-17(23)6-7-19(20)24/h2-7,12-13H,8-11,14H2,1H3,(H,25,29). The largest absolute Gasteiger partial charge is 0.378 e. The van der Waals surface area contributed by atoms with Crippen LogP contribution in [-0.2, 0) is 16.1 Å². The van der Waals surface area contributed by atoms with Crippen LogP contribution in [0.1, 0.15) is 5.56 Å². The minimum Gasteiger partial charge on any atom is -0.378 e. The first-order chi connectivity index (χ1) is 14.5. The third kappa shape index (κ3) is 4.49. The highest BCUT2D eigenvalue weighted by Gasteiger charge is 2.21. The number of rotatable bonds is 5. The van der Waals surface area contributed by atoms with Crippen molar-refractivity contribution in [2.75, 3.05) is 36.5 Å². The van der Waals surface area contributed by atoms with Crippen molar-refractivity contribution in [1.29, 1.82) is 0 Å². The van der Waals surface area contributed by atoms with E-state index in [1.165, 1.54) is 4.68 Å². The minimum atomic E-state index is -0.695. The second-order valence-corrected chi connectivity index (χ2v) is 7.20. The van der Waals surface area contributed by atoms with E-state index >= 15 is 0 Å². The van der Waals surface area contributed by atoms with E-state index in [9.17, 15) is 13.6 Å². The Labute approximate surface area is 173 Å². The first-order valence-corrected chi connectivity index (χ1v) is 9.72. The fourth-order valence-electron chi connectivity index (χ4n) is 3.37. The zero-order valence-electron chi connectivity index (χ0n) is 16.6. The summed E-state index contributed by atoms with van der Waals surface area (Å²) in [6.07, 6.45) is 1.80. The second-order valence-electron chi connectivity index (χ2n) is 7.20. The molecule has 1 aliphatic rings. The van der Waals surface area contributed by atoms with Crippen LogP contribution in [0.25, 0.3) is 11.1 Å². The molecule has 1 N–H and O–H groups in total. The highest BCUT2D eigenvalue weighted by atomic mass is 19.1. The summed E-state index contributed by atoms with van der Waals surface area (Å²) in [5, 5.41) is 7.02. The number of benzene rings is 2. The number of aromatic nitrogens is 2. The van der Waals surface area contributed by atoms with Crippen LogP contribution in [0.5, 0.6) is 0 Å². The third-order valence-corrected chi connectivity index (χ3v) is 4.92. The molecular formula is C22H22F2N4O2. The average Bonchev–Trinajstić information content (AvgIpc) is 3.15. The molecule has 1 saturated heterocycles. The number of nitrogens with one attached hydrogen (secondary N) is 1. The number of hydrogen-bond donors (Lipinski definition) is 1. The zero-order valence-corrected chi connectivity index (χ0v) is 16.6. The molecule has 0 aliphatic carbocycles. The van der Waals surface area contributed by atoms with Crippen LogP contribution in [0.15, 0.2) is 48.7 Å². The Morgan fingerprint density at radius 3 is 2.60 bits per heavy atom. The molecular weight excluding hydrogens is 390 g/mol. The quantitative estimate of drug-likeness (QED) is 0.696. The minimum absolute atomic E-state index is 0.126. The van der Waals surface area contributed by atoms with Crippen molar-refractivity contribution in [3.05, 3.63) is 65.9 Å². The average molecular weight is 412 g/mol. The molecule has 1 aliphatic heterocycles. The van der Waals surface area contributed by atoms with Crippen molar-refractivity contribution in [3.63, 3.8) is 0 Å². The number of morpholine rings is 1. The van der Waals surface area contributed by atoms with Crippen LogP contribution in [-0.4, -0.2) is 42.0 Å². The van der Waals surface area contributed by atoms with Gasteiger partial charge in [0.25, 0.3) is 0 Å². The molecule has 1 aromatic heterocycles. The number of halogens is 2. The summed E-state index contributed by atoms with van der Waals surface area (Å²) in [6, 6.07) is 11.0. The molecule has 1 amide bonds. The topological polar surface area (TPSA) is 59.4 Å². The molecule has 6 nitrogen and oxygen atoms in total. The van der Waals surface area contributed by atoms with Crippen LogP contribution in [0, 0.1) is 18.6 Å². The molecule has 1 fully saturated rings. The van der Waals surface area contributed by atoms with Crippen molar-refractivity contribution in [3.8, 4) is 11.1 Å². The van der Waals surface area contributed by atoms with Crippen molar-refractivity contribution in [2.24, 2.45) is 0 Å². The first kappa shape index (κ1) is 20.0. The van der Waals surface area contributed by atoms with Crippen molar-refractivity contribution in [1.82, 2.24) is 9.78 Å². The number of nitrogens with zero attached hydrogens (tertiary/aromatic N) is 3. The van der Waals surface area contributed by atoms with Gasteiger partial charge in [-0.1, -0.05) is 29.8 Å². The molecule has 0 bridgehead atoms. The van der Waals surface area contributed by atoms with E-state index in [2.05, 4.69) is 15.3 Å². The predicted octanol–water partition coefficient (Wildman–Crippen LogP) is 3.61. The smallest absolute Gasteiger partial charge is 0.246 e. The van der Waals surface area contributed by atoms with E-state index < -0.39 is 17.5 Å². The third-order valence-electron chi connectivity index (χ3n) is 4.92. The molecule has 8 heteroatoms. The highest BCUT2D eigenvalue weighted by molar-refractivity contribution is 5.90. The van der Waals surface area contributed by atoms with Gasteiger partial charge >= 0.3 is 0 Å². The van der Waals surface area contributed by atoms with E-state index in [1.54, 1.807) is 6.20 Å². The molecule has 0 spiro atoms. The first-order valence-electron chi connectivity index (χ1n) is 9.72. The van der Waals surface area contributed by atoms with Gasteiger partial charge in [0.05, 0.1) is 18.9 Å². The van der Waals surface area contributed by atoms with Crippen molar-refractivity contribution in [2.45, 2.75) is 13.5 Å². The lowest BCUT2D eigenvalue weighted by Gasteiger charge is -2.27. The summed E-state index contributed by atoms with van der Waals surface area (Å²) in [5.74, 6) is -1.04. The maximum absolute atomic E-state index is 13.8. The van der Waals surface area contributed by atoms with Gasteiger partial charge in [-0.3, -0.25) is 9.48 Å². The van der Waals surface area contributed by atoms with Crippen LogP contribution in [0.4, 0.5) is 20.3 Å². The Hall–Kier alpha value is -3.26. The lowest BCUT2D eigenvalue weighted by atomic mass is 10.1. The number of hydrogen-bond acceptors (Lipinski definition) is 4. The van der Waals surface area contributed by atoms with E-state index in [0.717, 1.165) is 40.7 Å². The van der Waals surface area contributed by atoms with E-state index in [0.29, 0.717) is 26.3 Å². The number of amides is 1. The molecule has 30 heavy (non-hydrogen) atoms. The fraction of sp³-hybridized carbons (Fsp3) is 0.273. The maximum atomic E-state index is 13.8. The summed E-state index contributed by atoms with van der Waals surface area (Å²) in [5.41, 5.74) is 2.85. The van der Waals surface area contributed by atoms with Gasteiger partial charge in [0, 0.05) is 30.9 Å². The molecule has 4 rings (SSSR count). The van der Waals surface area contributed by atoms with Gasteiger partial charge in [0.1, 0.15) is 18.2 Å². The van der Waals surface area contributed by atoms with Gasteiger partial charge in [-0.15, -0.1) is 0 Å². The number of ether oxygens (including phenoxy) is 1. The summed E-state index contributed by atoms with van der Waals surface area (Å²) in [6.45, 7) is 4.53. The van der Waals surface area contributed by atoms with Crippen LogP contribution in [0.3, 0.4) is 0 Å². The predicted molar refractivity (Wildman–Crippen MR) is 110 cm³/mol. The van der Waals surface area contributed by atoms with E-state index in [1.807, 2.05) is 31.2 Å². The molecule has 2 aromatic carbocycles. The van der Waals surface area contributed by atoms with E-state index in [-0.39, 0.29) is 12.2 Å². The Kier molecular flexibility index (Phi) is 5.76. The highest BCUT2D eigenvalue weighted by Crippen LogP contribution is 2.30. The Bertz CT molecular complexity index is 1040. The van der Waals surface area contributed by atoms with E-state index in [4.69, 9.17) is 4.74 Å². The van der Waals surface area contributed by atoms with Crippen LogP contribution in [0.2, 0.25) is 0 Å². The number of aryl methyl sites for hydroxylation is 1. The molecule has 2 heterocycles. The van der Waals surface area contributed by atoms with Crippen LogP contribution >= 0.6 is 0 Å². The fourth-order valence-corrected chi connectivity index (χ4v) is 3.37. The second kappa shape index (κ2) is 8.62. The molecule has 156 valence electrons. The number of anilines is 2. The molecule has 0 saturated carbocycles. The van der Waals surface area contributed by atoms with Gasteiger partial charge in [-0.2, -0.15) is 5.10 Å². The number of carbonyl (C=O) groups excluding carboxylic acids is 1. The molecule has 3 aromatic rings. The Morgan fingerprint density at radius 2 is 1.87 bits per heavy atom. The van der Waals surface area contributed by atoms with Crippen LogP contribution < -0.4 is 10.2 Å². The Morgan fingerprint density at radius 1 is 1.13 bits per heavy atom.